The lowest BCUT2D eigenvalue weighted by Crippen LogP contribution is -2.46. The molecular weight excluding hydrogens is 552 g/mol. The second-order valence-electron chi connectivity index (χ2n) is 11.9. The van der Waals surface area contributed by atoms with E-state index in [-0.39, 0.29) is 30.7 Å². The fraction of sp³-hybridized carbons (Fsp3) is 0.486. The summed E-state index contributed by atoms with van der Waals surface area (Å²) < 4.78 is 0. The normalized spacial score (nSPS) is 17.5. The van der Waals surface area contributed by atoms with Gasteiger partial charge in [0.25, 0.3) is 0 Å². The zero-order chi connectivity index (χ0) is 31.1. The van der Waals surface area contributed by atoms with Crippen LogP contribution in [0.3, 0.4) is 0 Å². The number of aromatic nitrogens is 1. The molecule has 0 aliphatic carbocycles. The molecule has 9 heteroatoms. The van der Waals surface area contributed by atoms with Crippen LogP contribution in [0, 0.1) is 0 Å². The van der Waals surface area contributed by atoms with E-state index >= 15 is 0 Å². The van der Waals surface area contributed by atoms with Crippen LogP contribution in [0.5, 0.6) is 0 Å². The van der Waals surface area contributed by atoms with Crippen LogP contribution >= 0.6 is 0 Å². The predicted octanol–water partition coefficient (Wildman–Crippen LogP) is 6.23. The first kappa shape index (κ1) is 33.1. The molecule has 44 heavy (non-hydrogen) atoms. The van der Waals surface area contributed by atoms with Crippen molar-refractivity contribution >= 4 is 28.5 Å². The van der Waals surface area contributed by atoms with Gasteiger partial charge in [-0.25, -0.2) is 4.79 Å². The summed E-state index contributed by atoms with van der Waals surface area (Å²) in [5.74, 6) is 0.326. The number of unbranched alkanes of at least 4 members (excludes halogenated alkanes) is 3. The minimum atomic E-state index is -0.994. The van der Waals surface area contributed by atoms with Crippen LogP contribution in [0.25, 0.3) is 16.1 Å². The lowest BCUT2D eigenvalue weighted by atomic mass is 9.84. The summed E-state index contributed by atoms with van der Waals surface area (Å²) in [5, 5.41) is 29.5. The molecule has 2 heterocycles. The van der Waals surface area contributed by atoms with E-state index in [0.717, 1.165) is 63.6 Å². The van der Waals surface area contributed by atoms with Gasteiger partial charge in [-0.1, -0.05) is 92.3 Å². The minimum absolute atomic E-state index is 0.173. The van der Waals surface area contributed by atoms with E-state index in [9.17, 15) is 9.90 Å². The number of aliphatic imine (C=N–C) groups is 1. The molecule has 3 aromatic rings. The number of H-pyrrole nitrogens is 1. The maximum atomic E-state index is 12.0. The number of carboxylic acid groups (broad SMARTS) is 1. The highest BCUT2D eigenvalue weighted by Gasteiger charge is 2.25. The quantitative estimate of drug-likeness (QED) is 0.0704. The number of nitrogens with one attached hydrogen (secondary N) is 2. The molecule has 0 saturated carbocycles. The highest BCUT2D eigenvalue weighted by Crippen LogP contribution is 2.35. The van der Waals surface area contributed by atoms with Gasteiger partial charge in [0.05, 0.1) is 6.04 Å². The molecule has 0 saturated heterocycles. The topological polar surface area (TPSA) is 164 Å². The summed E-state index contributed by atoms with van der Waals surface area (Å²) in [7, 11) is 0. The molecule has 4 rings (SSSR count). The van der Waals surface area contributed by atoms with Crippen molar-refractivity contribution in [1.82, 2.24) is 10.3 Å². The highest BCUT2D eigenvalue weighted by molar-refractivity contribution is 5.84. The SMILES string of the molecule is NC1=NCCC(C(=CC(=O)O)C(CCC(CCCC(N)CCCCCCO)c2ccc3ccccc3c2)[N-]c2ccc[nH]2)N1. The average molecular weight is 602 g/mol. The largest absolute Gasteiger partial charge is 0.478 e. The number of hydrogen-bond donors (Lipinski definition) is 6. The number of aromatic amines is 1. The number of carboxylic acids is 1. The van der Waals surface area contributed by atoms with Crippen LogP contribution in [0.2, 0.25) is 0 Å². The first-order chi connectivity index (χ1) is 21.4. The predicted molar refractivity (Wildman–Crippen MR) is 179 cm³/mol. The number of fused-ring (bicyclic) bond motifs is 1. The molecule has 9 nitrogen and oxygen atoms in total. The average Bonchev–Trinajstić information content (AvgIpc) is 3.54. The summed E-state index contributed by atoms with van der Waals surface area (Å²) in [6, 6.07) is 18.5. The van der Waals surface area contributed by atoms with Crippen LogP contribution in [-0.4, -0.2) is 58.4 Å². The van der Waals surface area contributed by atoms with Crippen LogP contribution in [0.4, 0.5) is 5.82 Å². The lowest BCUT2D eigenvalue weighted by Gasteiger charge is -2.35. The Morgan fingerprint density at radius 1 is 0.977 bits per heavy atom. The van der Waals surface area contributed by atoms with Crippen molar-refractivity contribution in [2.45, 2.75) is 94.7 Å². The third-order valence-electron chi connectivity index (χ3n) is 8.62. The number of aliphatic carboxylic acids is 1. The van der Waals surface area contributed by atoms with Crippen molar-refractivity contribution in [3.05, 3.63) is 83.3 Å². The Bertz CT molecular complexity index is 1360. The van der Waals surface area contributed by atoms with E-state index in [1.165, 1.54) is 22.4 Å². The summed E-state index contributed by atoms with van der Waals surface area (Å²) in [6.07, 6.45) is 13.4. The first-order valence-corrected chi connectivity index (χ1v) is 16.1. The summed E-state index contributed by atoms with van der Waals surface area (Å²) in [6.45, 7) is 0.797. The molecule has 4 unspecified atom stereocenters. The van der Waals surface area contributed by atoms with Gasteiger partial charge in [-0.15, -0.1) is 0 Å². The Morgan fingerprint density at radius 2 is 1.77 bits per heavy atom. The molecule has 0 radical (unpaired) electrons. The third-order valence-corrected chi connectivity index (χ3v) is 8.62. The van der Waals surface area contributed by atoms with Crippen molar-refractivity contribution in [1.29, 1.82) is 0 Å². The molecule has 1 aliphatic heterocycles. The maximum absolute atomic E-state index is 12.0. The molecule has 0 amide bonds. The number of rotatable bonds is 19. The molecule has 0 spiro atoms. The number of guanidine groups is 1. The molecule has 2 aromatic carbocycles. The lowest BCUT2D eigenvalue weighted by molar-refractivity contribution is -0.131. The number of carbonyl (C=O) groups is 1. The standard InChI is InChI=1S/C35H49N6O3/c36-29(12-3-1-2-6-22-42)13-7-11-26(28-16-15-25-9-4-5-10-27(25)23-28)17-18-31(40-33-14-8-20-38-33)30(24-34(43)44)32-19-21-39-35(37)41-32/h4-5,8-10,14-16,20,23-24,26,29,31-32,38,42H,1-3,6-7,11-13,17-19,21-22,36H2,(H,43,44)(H3,37,39,41)/q-1. The molecule has 1 aliphatic rings. The summed E-state index contributed by atoms with van der Waals surface area (Å²) in [4.78, 5) is 19.4. The van der Waals surface area contributed by atoms with E-state index in [0.29, 0.717) is 30.9 Å². The van der Waals surface area contributed by atoms with Crippen molar-refractivity contribution < 1.29 is 15.0 Å². The van der Waals surface area contributed by atoms with Gasteiger partial charge >= 0.3 is 5.97 Å². The van der Waals surface area contributed by atoms with E-state index in [2.05, 4.69) is 57.8 Å². The smallest absolute Gasteiger partial charge is 0.328 e. The number of benzene rings is 2. The summed E-state index contributed by atoms with van der Waals surface area (Å²) >= 11 is 0. The number of nitrogens with two attached hydrogens (primary N) is 2. The van der Waals surface area contributed by atoms with Gasteiger partial charge < -0.3 is 37.3 Å². The monoisotopic (exact) mass is 601 g/mol. The minimum Gasteiger partial charge on any atom is -0.478 e. The second-order valence-corrected chi connectivity index (χ2v) is 11.9. The van der Waals surface area contributed by atoms with Crippen LogP contribution < -0.4 is 16.8 Å². The highest BCUT2D eigenvalue weighted by atomic mass is 16.4. The fourth-order valence-corrected chi connectivity index (χ4v) is 6.25. The van der Waals surface area contributed by atoms with Gasteiger partial charge in [0.1, 0.15) is 0 Å². The van der Waals surface area contributed by atoms with E-state index in [1.807, 2.05) is 18.3 Å². The Balaban J connectivity index is 1.51. The van der Waals surface area contributed by atoms with Crippen LogP contribution in [0.1, 0.15) is 82.1 Å². The summed E-state index contributed by atoms with van der Waals surface area (Å²) in [5.41, 5.74) is 14.5. The molecule has 4 atom stereocenters. The Labute approximate surface area is 261 Å². The molecule has 0 fully saturated rings. The van der Waals surface area contributed by atoms with E-state index in [1.54, 1.807) is 0 Å². The van der Waals surface area contributed by atoms with E-state index in [4.69, 9.17) is 21.9 Å². The van der Waals surface area contributed by atoms with Gasteiger partial charge in [-0.3, -0.25) is 4.99 Å². The molecular formula is C35H49N6O3-. The second kappa shape index (κ2) is 17.5. The maximum Gasteiger partial charge on any atom is 0.328 e. The number of aliphatic hydroxyl groups is 1. The van der Waals surface area contributed by atoms with Crippen molar-refractivity contribution in [2.75, 3.05) is 13.2 Å². The number of hydrogen-bond acceptors (Lipinski definition) is 6. The molecule has 1 aromatic heterocycles. The third kappa shape index (κ3) is 10.4. The number of aliphatic hydroxyl groups excluding tert-OH is 1. The zero-order valence-corrected chi connectivity index (χ0v) is 25.7. The van der Waals surface area contributed by atoms with E-state index < -0.39 is 5.97 Å². The van der Waals surface area contributed by atoms with Crippen molar-refractivity contribution in [3.63, 3.8) is 0 Å². The molecule has 0 bridgehead atoms. The Hall–Kier alpha value is -3.82. The Kier molecular flexibility index (Phi) is 13.1. The fourth-order valence-electron chi connectivity index (χ4n) is 6.25. The first-order valence-electron chi connectivity index (χ1n) is 16.1. The van der Waals surface area contributed by atoms with Crippen molar-refractivity contribution in [3.8, 4) is 0 Å². The zero-order valence-electron chi connectivity index (χ0n) is 25.7. The van der Waals surface area contributed by atoms with Crippen molar-refractivity contribution in [2.24, 2.45) is 16.5 Å². The van der Waals surface area contributed by atoms with Gasteiger partial charge in [0.2, 0.25) is 0 Å². The van der Waals surface area contributed by atoms with Crippen LogP contribution in [-0.2, 0) is 4.79 Å². The van der Waals surface area contributed by atoms with Gasteiger partial charge in [0, 0.05) is 25.3 Å². The number of nitrogens with zero attached hydrogens (tertiary/aromatic N) is 2. The molecule has 8 N–H and O–H groups in total. The van der Waals surface area contributed by atoms with Crippen LogP contribution in [0.15, 0.2) is 77.4 Å². The Morgan fingerprint density at radius 3 is 2.52 bits per heavy atom. The van der Waals surface area contributed by atoms with Gasteiger partial charge in [-0.2, -0.15) is 0 Å². The molecule has 238 valence electrons. The van der Waals surface area contributed by atoms with Gasteiger partial charge in [0.15, 0.2) is 5.96 Å². The van der Waals surface area contributed by atoms with Gasteiger partial charge in [-0.05, 0) is 78.8 Å².